The number of carboxylic acid groups (broad SMARTS) is 1. The second-order valence-electron chi connectivity index (χ2n) is 4.30. The zero-order valence-corrected chi connectivity index (χ0v) is 13.3. The van der Waals surface area contributed by atoms with Crippen LogP contribution in [0.1, 0.15) is 37.0 Å². The third kappa shape index (κ3) is 2.91. The average molecular weight is 354 g/mol. The maximum absolute atomic E-state index is 12.2. The molecule has 4 nitrogen and oxygen atoms in total. The summed E-state index contributed by atoms with van der Waals surface area (Å²) in [6, 6.07) is 1.91. The number of carboxylic acids is 1. The molecule has 0 spiro atoms. The first kappa shape index (κ1) is 14.7. The quantitative estimate of drug-likeness (QED) is 0.643. The summed E-state index contributed by atoms with van der Waals surface area (Å²) in [4.78, 5) is 26.9. The predicted molar refractivity (Wildman–Crippen MR) is 82.6 cm³/mol. The van der Waals surface area contributed by atoms with E-state index in [9.17, 15) is 9.59 Å². The van der Waals surface area contributed by atoms with E-state index in [1.165, 1.54) is 17.4 Å². The number of allylic oxidation sites excluding steroid dienone is 1. The van der Waals surface area contributed by atoms with Gasteiger partial charge in [0.1, 0.15) is 5.69 Å². The molecule has 2 aromatic heterocycles. The number of thiophene rings is 1. The number of aromatic carboxylic acids is 1. The van der Waals surface area contributed by atoms with Crippen LogP contribution in [0.3, 0.4) is 0 Å². The molecular weight excluding hydrogens is 342 g/mol. The van der Waals surface area contributed by atoms with Crippen molar-refractivity contribution in [2.24, 2.45) is 0 Å². The standard InChI is InChI=1S/C14H12BrNO3S/c1-7-12(8(2)16-13(7)14(18)19)11(17)4-3-10-5-9(15)6-20-10/h3-6,16H,1-2H3,(H,18,19)/b4-3+. The number of H-pyrrole nitrogens is 1. The van der Waals surface area contributed by atoms with Gasteiger partial charge in [0, 0.05) is 26.0 Å². The van der Waals surface area contributed by atoms with Crippen molar-refractivity contribution in [2.75, 3.05) is 0 Å². The maximum atomic E-state index is 12.2. The van der Waals surface area contributed by atoms with Gasteiger partial charge in [-0.2, -0.15) is 0 Å². The van der Waals surface area contributed by atoms with Gasteiger partial charge in [-0.1, -0.05) is 0 Å². The van der Waals surface area contributed by atoms with E-state index in [1.807, 2.05) is 11.4 Å². The summed E-state index contributed by atoms with van der Waals surface area (Å²) in [6.07, 6.45) is 3.19. The van der Waals surface area contributed by atoms with Gasteiger partial charge in [0.05, 0.1) is 0 Å². The third-order valence-electron chi connectivity index (χ3n) is 2.88. The number of aromatic nitrogens is 1. The van der Waals surface area contributed by atoms with Crippen LogP contribution in [0.2, 0.25) is 0 Å². The van der Waals surface area contributed by atoms with Crippen LogP contribution in [0.4, 0.5) is 0 Å². The highest BCUT2D eigenvalue weighted by Crippen LogP contribution is 2.22. The number of carbonyl (C=O) groups is 2. The highest BCUT2D eigenvalue weighted by atomic mass is 79.9. The van der Waals surface area contributed by atoms with Gasteiger partial charge in [-0.15, -0.1) is 11.3 Å². The Morgan fingerprint density at radius 1 is 1.40 bits per heavy atom. The number of hydrogen-bond acceptors (Lipinski definition) is 3. The van der Waals surface area contributed by atoms with Crippen LogP contribution in [0.25, 0.3) is 6.08 Å². The van der Waals surface area contributed by atoms with E-state index in [2.05, 4.69) is 20.9 Å². The van der Waals surface area contributed by atoms with E-state index >= 15 is 0 Å². The van der Waals surface area contributed by atoms with Crippen LogP contribution in [0.5, 0.6) is 0 Å². The van der Waals surface area contributed by atoms with E-state index in [0.717, 1.165) is 9.35 Å². The van der Waals surface area contributed by atoms with Crippen molar-refractivity contribution in [3.8, 4) is 0 Å². The Labute approximate surface area is 128 Å². The fraction of sp³-hybridized carbons (Fsp3) is 0.143. The van der Waals surface area contributed by atoms with E-state index in [4.69, 9.17) is 5.11 Å². The Balaban J connectivity index is 2.30. The summed E-state index contributed by atoms with van der Waals surface area (Å²) in [5, 5.41) is 11.0. The number of hydrogen-bond donors (Lipinski definition) is 2. The molecule has 0 radical (unpaired) electrons. The van der Waals surface area contributed by atoms with Gasteiger partial charge in [0.25, 0.3) is 0 Å². The lowest BCUT2D eigenvalue weighted by molar-refractivity contribution is 0.0690. The van der Waals surface area contributed by atoms with Crippen LogP contribution in [-0.4, -0.2) is 21.8 Å². The molecule has 2 rings (SSSR count). The van der Waals surface area contributed by atoms with E-state index in [1.54, 1.807) is 19.9 Å². The number of nitrogens with one attached hydrogen (secondary N) is 1. The van der Waals surface area contributed by atoms with Gasteiger partial charge in [0.2, 0.25) is 0 Å². The van der Waals surface area contributed by atoms with Crippen molar-refractivity contribution in [3.63, 3.8) is 0 Å². The molecule has 0 aromatic carbocycles. The Hall–Kier alpha value is -1.66. The van der Waals surface area contributed by atoms with Crippen molar-refractivity contribution < 1.29 is 14.7 Å². The van der Waals surface area contributed by atoms with Crippen molar-refractivity contribution in [1.29, 1.82) is 0 Å². The fourth-order valence-corrected chi connectivity index (χ4v) is 3.33. The molecule has 0 aliphatic heterocycles. The van der Waals surface area contributed by atoms with Crippen LogP contribution in [-0.2, 0) is 0 Å². The molecule has 0 amide bonds. The summed E-state index contributed by atoms with van der Waals surface area (Å²) in [6.45, 7) is 3.33. The van der Waals surface area contributed by atoms with Crippen LogP contribution in [0, 0.1) is 13.8 Å². The molecule has 0 aliphatic carbocycles. The van der Waals surface area contributed by atoms with E-state index < -0.39 is 5.97 Å². The zero-order valence-electron chi connectivity index (χ0n) is 10.9. The van der Waals surface area contributed by atoms with Crippen molar-refractivity contribution in [3.05, 3.63) is 49.4 Å². The largest absolute Gasteiger partial charge is 0.477 e. The highest BCUT2D eigenvalue weighted by molar-refractivity contribution is 9.10. The second-order valence-corrected chi connectivity index (χ2v) is 6.15. The smallest absolute Gasteiger partial charge is 0.352 e. The van der Waals surface area contributed by atoms with Crippen LogP contribution < -0.4 is 0 Å². The van der Waals surface area contributed by atoms with Crippen molar-refractivity contribution in [1.82, 2.24) is 4.98 Å². The fourth-order valence-electron chi connectivity index (χ4n) is 1.99. The lowest BCUT2D eigenvalue weighted by atomic mass is 10.1. The molecule has 2 aromatic rings. The van der Waals surface area contributed by atoms with Gasteiger partial charge >= 0.3 is 5.97 Å². The van der Waals surface area contributed by atoms with Gasteiger partial charge in [-0.05, 0) is 53.6 Å². The molecule has 104 valence electrons. The minimum atomic E-state index is -1.06. The van der Waals surface area contributed by atoms with Gasteiger partial charge in [-0.25, -0.2) is 4.79 Å². The highest BCUT2D eigenvalue weighted by Gasteiger charge is 2.19. The molecule has 0 atom stereocenters. The number of aryl methyl sites for hydroxylation is 1. The first-order valence-corrected chi connectivity index (χ1v) is 7.46. The number of rotatable bonds is 4. The molecule has 2 heterocycles. The summed E-state index contributed by atoms with van der Waals surface area (Å²) in [7, 11) is 0. The predicted octanol–water partition coefficient (Wildman–Crippen LogP) is 4.05. The van der Waals surface area contributed by atoms with Crippen molar-refractivity contribution in [2.45, 2.75) is 13.8 Å². The Morgan fingerprint density at radius 2 is 2.10 bits per heavy atom. The molecule has 0 aliphatic rings. The lowest BCUT2D eigenvalue weighted by Gasteiger charge is -1.96. The van der Waals surface area contributed by atoms with Gasteiger partial charge in [0.15, 0.2) is 5.78 Å². The maximum Gasteiger partial charge on any atom is 0.352 e. The SMILES string of the molecule is Cc1[nH]c(C(=O)O)c(C)c1C(=O)/C=C/c1cc(Br)cs1. The van der Waals surface area contributed by atoms with E-state index in [-0.39, 0.29) is 11.5 Å². The monoisotopic (exact) mass is 353 g/mol. The number of ketones is 1. The molecule has 6 heteroatoms. The Bertz CT molecular complexity index is 712. The minimum Gasteiger partial charge on any atom is -0.477 e. The van der Waals surface area contributed by atoms with Gasteiger partial charge < -0.3 is 10.1 Å². The first-order valence-electron chi connectivity index (χ1n) is 5.79. The number of halogens is 1. The molecule has 20 heavy (non-hydrogen) atoms. The summed E-state index contributed by atoms with van der Waals surface area (Å²) >= 11 is 4.87. The minimum absolute atomic E-state index is 0.0677. The summed E-state index contributed by atoms with van der Waals surface area (Å²) in [5.74, 6) is -1.26. The number of aromatic amines is 1. The summed E-state index contributed by atoms with van der Waals surface area (Å²) in [5.41, 5.74) is 1.53. The van der Waals surface area contributed by atoms with Crippen molar-refractivity contribution >= 4 is 45.1 Å². The molecule has 0 bridgehead atoms. The molecule has 2 N–H and O–H groups in total. The molecular formula is C14H12BrNO3S. The average Bonchev–Trinajstić information content (AvgIpc) is 2.91. The van der Waals surface area contributed by atoms with E-state index in [0.29, 0.717) is 16.8 Å². The van der Waals surface area contributed by atoms with Crippen LogP contribution >= 0.6 is 27.3 Å². The lowest BCUT2D eigenvalue weighted by Crippen LogP contribution is -2.01. The molecule has 0 fully saturated rings. The molecule has 0 unspecified atom stereocenters. The van der Waals surface area contributed by atoms with Crippen LogP contribution in [0.15, 0.2) is 22.0 Å². The summed E-state index contributed by atoms with van der Waals surface area (Å²) < 4.78 is 0.969. The topological polar surface area (TPSA) is 70.2 Å². The Morgan fingerprint density at radius 3 is 2.60 bits per heavy atom. The van der Waals surface area contributed by atoms with Gasteiger partial charge in [-0.3, -0.25) is 4.79 Å². The zero-order chi connectivity index (χ0) is 14.9. The normalized spacial score (nSPS) is 11.2. The number of carbonyl (C=O) groups excluding carboxylic acids is 1. The molecule has 0 saturated heterocycles. The Kier molecular flexibility index (Phi) is 4.25. The second kappa shape index (κ2) is 5.76. The first-order chi connectivity index (χ1) is 9.40. The third-order valence-corrected chi connectivity index (χ3v) is 4.54. The molecule has 0 saturated carbocycles.